The molecule has 1 saturated carbocycles. The van der Waals surface area contributed by atoms with Gasteiger partial charge in [-0.3, -0.25) is 0 Å². The van der Waals surface area contributed by atoms with Crippen molar-refractivity contribution in [1.29, 1.82) is 0 Å². The minimum atomic E-state index is -4.84. The van der Waals surface area contributed by atoms with E-state index >= 15 is 0 Å². The third kappa shape index (κ3) is 2.48. The summed E-state index contributed by atoms with van der Waals surface area (Å²) in [5.74, 6) is 0.158. The maximum atomic E-state index is 12.8. The van der Waals surface area contributed by atoms with Gasteiger partial charge >= 0.3 is 10.2 Å². The highest BCUT2D eigenvalue weighted by Crippen LogP contribution is 2.42. The zero-order valence-corrected chi connectivity index (χ0v) is 12.5. The molecule has 0 spiro atoms. The number of hydrogen-bond acceptors (Lipinski definition) is 5. The summed E-state index contributed by atoms with van der Waals surface area (Å²) in [6.45, 7) is 0.616. The molecule has 1 heterocycles. The summed E-state index contributed by atoms with van der Waals surface area (Å²) in [5.41, 5.74) is 0. The van der Waals surface area contributed by atoms with Gasteiger partial charge in [-0.1, -0.05) is 0 Å². The molecule has 2 aliphatic rings. The summed E-state index contributed by atoms with van der Waals surface area (Å²) in [4.78, 5) is -0.649. The Labute approximate surface area is 122 Å². The number of aliphatic hydroxyl groups excluding tert-OH is 1. The summed E-state index contributed by atoms with van der Waals surface area (Å²) in [5, 5.41) is 9.57. The van der Waals surface area contributed by atoms with E-state index in [9.17, 15) is 25.8 Å². The monoisotopic (exact) mass is 335 g/mol. The number of nitrogens with zero attached hydrogens (tertiary/aromatic N) is 1. The van der Waals surface area contributed by atoms with Crippen molar-refractivity contribution in [2.24, 2.45) is 11.8 Å². The molecule has 2 fully saturated rings. The maximum absolute atomic E-state index is 12.8. The Morgan fingerprint density at radius 2 is 1.62 bits per heavy atom. The number of benzene rings is 1. The van der Waals surface area contributed by atoms with Crippen LogP contribution in [0.3, 0.4) is 0 Å². The van der Waals surface area contributed by atoms with Crippen LogP contribution in [0.15, 0.2) is 34.1 Å². The second-order valence-corrected chi connectivity index (χ2v) is 8.74. The van der Waals surface area contributed by atoms with Gasteiger partial charge in [0, 0.05) is 19.0 Å². The van der Waals surface area contributed by atoms with Crippen molar-refractivity contribution in [2.75, 3.05) is 13.1 Å². The molecule has 1 N–H and O–H groups in total. The van der Waals surface area contributed by atoms with Gasteiger partial charge in [-0.05, 0) is 36.6 Å². The van der Waals surface area contributed by atoms with Crippen molar-refractivity contribution < 1.29 is 25.8 Å². The van der Waals surface area contributed by atoms with Gasteiger partial charge < -0.3 is 5.11 Å². The molecule has 1 saturated heterocycles. The highest BCUT2D eigenvalue weighted by molar-refractivity contribution is 7.89. The molecule has 3 atom stereocenters. The fraction of sp³-hybridized carbons (Fsp3) is 0.500. The minimum Gasteiger partial charge on any atom is -0.393 e. The largest absolute Gasteiger partial charge is 0.393 e. The summed E-state index contributed by atoms with van der Waals surface area (Å²) in [6.07, 6.45) is 0.157. The molecule has 1 aromatic carbocycles. The lowest BCUT2D eigenvalue weighted by Gasteiger charge is -2.34. The lowest BCUT2D eigenvalue weighted by atomic mass is 9.74. The van der Waals surface area contributed by atoms with Crippen LogP contribution < -0.4 is 0 Å². The van der Waals surface area contributed by atoms with Gasteiger partial charge in [-0.15, -0.1) is 3.89 Å². The molecule has 0 amide bonds. The van der Waals surface area contributed by atoms with Gasteiger partial charge in [-0.25, -0.2) is 8.42 Å². The molecule has 1 aliphatic heterocycles. The van der Waals surface area contributed by atoms with E-state index in [0.29, 0.717) is 13.0 Å². The SMILES string of the molecule is O=S(=O)(F)c1ccc(S(=O)(=O)N2CC3CC(O)C3C2)cc1. The van der Waals surface area contributed by atoms with Crippen LogP contribution in [0.4, 0.5) is 3.89 Å². The molecule has 1 aromatic rings. The van der Waals surface area contributed by atoms with Crippen LogP contribution in [0, 0.1) is 11.8 Å². The van der Waals surface area contributed by atoms with Gasteiger partial charge in [0.05, 0.1) is 15.9 Å². The van der Waals surface area contributed by atoms with Crippen LogP contribution in [0.25, 0.3) is 0 Å². The van der Waals surface area contributed by atoms with Gasteiger partial charge in [0.1, 0.15) is 0 Å². The van der Waals surface area contributed by atoms with E-state index in [0.717, 1.165) is 24.3 Å². The average Bonchev–Trinajstić information content (AvgIpc) is 2.76. The molecular formula is C12H14FNO5S2. The lowest BCUT2D eigenvalue weighted by molar-refractivity contribution is -0.00416. The van der Waals surface area contributed by atoms with Crippen LogP contribution in [0.5, 0.6) is 0 Å². The lowest BCUT2D eigenvalue weighted by Crippen LogP contribution is -2.39. The normalized spacial score (nSPS) is 29.9. The van der Waals surface area contributed by atoms with Crippen LogP contribution in [0.1, 0.15) is 6.42 Å². The Morgan fingerprint density at radius 1 is 1.05 bits per heavy atom. The fourth-order valence-electron chi connectivity index (χ4n) is 2.95. The van der Waals surface area contributed by atoms with Crippen LogP contribution in [-0.2, 0) is 20.2 Å². The van der Waals surface area contributed by atoms with Gasteiger partial charge in [0.15, 0.2) is 0 Å². The number of halogens is 1. The fourth-order valence-corrected chi connectivity index (χ4v) is 4.94. The number of aliphatic hydroxyl groups is 1. The zero-order chi connectivity index (χ0) is 15.4. The standard InChI is InChI=1S/C12H14FNO5S2/c13-20(16,17)9-1-3-10(4-2-9)21(18,19)14-6-8-5-12(15)11(8)7-14/h1-4,8,11-12,15H,5-7H2. The van der Waals surface area contributed by atoms with Crippen molar-refractivity contribution in [3.8, 4) is 0 Å². The third-order valence-electron chi connectivity index (χ3n) is 4.24. The first-order valence-corrected chi connectivity index (χ1v) is 9.25. The molecule has 6 nitrogen and oxygen atoms in total. The smallest absolute Gasteiger partial charge is 0.332 e. The van der Waals surface area contributed by atoms with Gasteiger partial charge in [0.25, 0.3) is 0 Å². The Balaban J connectivity index is 1.86. The summed E-state index contributed by atoms with van der Waals surface area (Å²) in [7, 11) is -8.59. The van der Waals surface area contributed by atoms with Crippen LogP contribution in [0.2, 0.25) is 0 Å². The second kappa shape index (κ2) is 4.73. The van der Waals surface area contributed by atoms with E-state index in [1.165, 1.54) is 4.31 Å². The Kier molecular flexibility index (Phi) is 3.36. The molecule has 0 aromatic heterocycles. The molecule has 21 heavy (non-hydrogen) atoms. The zero-order valence-electron chi connectivity index (χ0n) is 10.9. The topological polar surface area (TPSA) is 91.8 Å². The van der Waals surface area contributed by atoms with Gasteiger partial charge in [0.2, 0.25) is 10.0 Å². The van der Waals surface area contributed by atoms with E-state index in [2.05, 4.69) is 0 Å². The van der Waals surface area contributed by atoms with Crippen molar-refractivity contribution >= 4 is 20.2 Å². The first kappa shape index (κ1) is 14.9. The Bertz CT molecular complexity index is 759. The Hall–Kier alpha value is -1.03. The van der Waals surface area contributed by atoms with Crippen molar-refractivity contribution in [3.63, 3.8) is 0 Å². The molecule has 116 valence electrons. The number of fused-ring (bicyclic) bond motifs is 1. The summed E-state index contributed by atoms with van der Waals surface area (Å²) < 4.78 is 60.4. The third-order valence-corrected chi connectivity index (χ3v) is 6.92. The average molecular weight is 335 g/mol. The van der Waals surface area contributed by atoms with Crippen molar-refractivity contribution in [1.82, 2.24) is 4.31 Å². The highest BCUT2D eigenvalue weighted by Gasteiger charge is 2.49. The van der Waals surface area contributed by atoms with E-state index in [1.807, 2.05) is 0 Å². The number of hydrogen-bond donors (Lipinski definition) is 1. The molecule has 1 aliphatic carbocycles. The minimum absolute atomic E-state index is 0.0229. The number of sulfonamides is 1. The summed E-state index contributed by atoms with van der Waals surface area (Å²) >= 11 is 0. The quantitative estimate of drug-likeness (QED) is 0.805. The molecule has 0 radical (unpaired) electrons. The first-order chi connectivity index (χ1) is 9.69. The van der Waals surface area contributed by atoms with E-state index in [1.54, 1.807) is 0 Å². The van der Waals surface area contributed by atoms with Crippen LogP contribution >= 0.6 is 0 Å². The van der Waals surface area contributed by atoms with Gasteiger partial charge in [-0.2, -0.15) is 12.7 Å². The summed E-state index contributed by atoms with van der Waals surface area (Å²) in [6, 6.07) is 4.03. The molecular weight excluding hydrogens is 321 g/mol. The highest BCUT2D eigenvalue weighted by atomic mass is 32.3. The molecule has 3 unspecified atom stereocenters. The molecule has 3 rings (SSSR count). The van der Waals surface area contributed by atoms with Crippen molar-refractivity contribution in [2.45, 2.75) is 22.3 Å². The predicted molar refractivity (Wildman–Crippen MR) is 71.1 cm³/mol. The van der Waals surface area contributed by atoms with E-state index < -0.39 is 31.2 Å². The maximum Gasteiger partial charge on any atom is 0.332 e. The number of rotatable bonds is 3. The second-order valence-electron chi connectivity index (χ2n) is 5.46. The Morgan fingerprint density at radius 3 is 2.10 bits per heavy atom. The van der Waals surface area contributed by atoms with Crippen molar-refractivity contribution in [3.05, 3.63) is 24.3 Å². The van der Waals surface area contributed by atoms with Crippen LogP contribution in [-0.4, -0.2) is 45.4 Å². The predicted octanol–water partition coefficient (Wildman–Crippen LogP) is 0.346. The van der Waals surface area contributed by atoms with E-state index in [-0.39, 0.29) is 23.3 Å². The first-order valence-electron chi connectivity index (χ1n) is 6.42. The van der Waals surface area contributed by atoms with E-state index in [4.69, 9.17) is 0 Å². The molecule has 9 heteroatoms. The molecule has 0 bridgehead atoms.